The lowest BCUT2D eigenvalue weighted by Gasteiger charge is -2.12. The van der Waals surface area contributed by atoms with Gasteiger partial charge < -0.3 is 5.32 Å². The normalized spacial score (nSPS) is 15.8. The Balaban J connectivity index is 4.62. The van der Waals surface area contributed by atoms with Gasteiger partial charge in [-0.3, -0.25) is 4.99 Å². The smallest absolute Gasteiger partial charge is 0.0441 e. The van der Waals surface area contributed by atoms with Gasteiger partial charge in [0.15, 0.2) is 0 Å². The molecule has 0 amide bonds. The molecule has 0 aliphatic rings. The second kappa shape index (κ2) is 9.34. The summed E-state index contributed by atoms with van der Waals surface area (Å²) in [7, 11) is 1.86. The van der Waals surface area contributed by atoms with Crippen molar-refractivity contribution < 1.29 is 0 Å². The van der Waals surface area contributed by atoms with Crippen LogP contribution in [-0.4, -0.2) is 25.3 Å². The molecule has 1 atom stereocenters. The Morgan fingerprint density at radius 1 is 1.38 bits per heavy atom. The van der Waals surface area contributed by atoms with Crippen molar-refractivity contribution in [2.24, 2.45) is 4.99 Å². The molecule has 2 nitrogen and oxygen atoms in total. The first-order valence-corrected chi connectivity index (χ1v) is 6.20. The molecule has 0 aromatic rings. The third-order valence-corrected chi connectivity index (χ3v) is 2.52. The minimum Gasteiger partial charge on any atom is -0.307 e. The van der Waals surface area contributed by atoms with E-state index in [9.17, 15) is 0 Å². The van der Waals surface area contributed by atoms with Crippen molar-refractivity contribution in [1.29, 1.82) is 0 Å². The first-order chi connectivity index (χ1) is 7.69. The largest absolute Gasteiger partial charge is 0.307 e. The Morgan fingerprint density at radius 2 is 2.06 bits per heavy atom. The summed E-state index contributed by atoms with van der Waals surface area (Å²) >= 11 is 0. The molecule has 0 aromatic carbocycles. The fraction of sp³-hybridized carbons (Fsp3) is 0.643. The highest BCUT2D eigenvalue weighted by Crippen LogP contribution is 2.04. The summed E-state index contributed by atoms with van der Waals surface area (Å²) in [5.74, 6) is 0. The third-order valence-electron chi connectivity index (χ3n) is 2.52. The minimum absolute atomic E-state index is 0.327. The molecule has 0 saturated heterocycles. The Hall–Kier alpha value is -0.890. The number of nitrogens with zero attached hydrogens (tertiary/aromatic N) is 1. The van der Waals surface area contributed by atoms with E-state index in [1.54, 1.807) is 0 Å². The summed E-state index contributed by atoms with van der Waals surface area (Å²) in [4.78, 5) is 4.30. The molecule has 0 aromatic heterocycles. The van der Waals surface area contributed by atoms with Crippen molar-refractivity contribution in [3.63, 3.8) is 0 Å². The van der Waals surface area contributed by atoms with Crippen LogP contribution in [0.25, 0.3) is 0 Å². The van der Waals surface area contributed by atoms with Crippen LogP contribution in [-0.2, 0) is 0 Å². The molecule has 1 unspecified atom stereocenters. The lowest BCUT2D eigenvalue weighted by Crippen LogP contribution is -2.26. The van der Waals surface area contributed by atoms with Crippen LogP contribution in [0.1, 0.15) is 40.5 Å². The van der Waals surface area contributed by atoms with E-state index in [0.29, 0.717) is 6.04 Å². The van der Waals surface area contributed by atoms with E-state index in [4.69, 9.17) is 0 Å². The summed E-state index contributed by atoms with van der Waals surface area (Å²) in [5, 5.41) is 3.49. The highest BCUT2D eigenvalue weighted by atomic mass is 14.9. The molecule has 0 spiro atoms. The number of allylic oxidation sites excluding steroid dienone is 2. The van der Waals surface area contributed by atoms with E-state index >= 15 is 0 Å². The maximum Gasteiger partial charge on any atom is 0.0441 e. The quantitative estimate of drug-likeness (QED) is 0.518. The van der Waals surface area contributed by atoms with Crippen LogP contribution in [0.5, 0.6) is 0 Å². The maximum atomic E-state index is 4.30. The summed E-state index contributed by atoms with van der Waals surface area (Å²) in [5.41, 5.74) is 2.46. The molecule has 0 radical (unpaired) electrons. The number of nitrogens with one attached hydrogen (secondary N) is 1. The molecule has 0 rings (SSSR count). The lowest BCUT2D eigenvalue weighted by molar-refractivity contribution is 0.658. The zero-order valence-corrected chi connectivity index (χ0v) is 11.4. The van der Waals surface area contributed by atoms with Crippen molar-refractivity contribution >= 4 is 5.71 Å². The van der Waals surface area contributed by atoms with Gasteiger partial charge in [-0.05, 0) is 38.8 Å². The summed E-state index contributed by atoms with van der Waals surface area (Å²) in [6.07, 6.45) is 8.67. The molecular weight excluding hydrogens is 196 g/mol. The Kier molecular flexibility index (Phi) is 8.82. The minimum atomic E-state index is 0.327. The van der Waals surface area contributed by atoms with Crippen LogP contribution in [0.15, 0.2) is 28.8 Å². The van der Waals surface area contributed by atoms with Gasteiger partial charge in [0.25, 0.3) is 0 Å². The molecule has 0 heterocycles. The molecule has 0 fully saturated rings. The topological polar surface area (TPSA) is 24.4 Å². The van der Waals surface area contributed by atoms with Gasteiger partial charge in [0.1, 0.15) is 0 Å². The predicted octanol–water partition coefficient (Wildman–Crippen LogP) is 3.36. The van der Waals surface area contributed by atoms with Crippen LogP contribution in [0.2, 0.25) is 0 Å². The van der Waals surface area contributed by atoms with Gasteiger partial charge in [0, 0.05) is 18.8 Å². The maximum absolute atomic E-state index is 4.30. The van der Waals surface area contributed by atoms with E-state index < -0.39 is 0 Å². The third kappa shape index (κ3) is 5.86. The number of aliphatic imine (C=N–C) groups is 1. The van der Waals surface area contributed by atoms with Crippen LogP contribution in [0.4, 0.5) is 0 Å². The van der Waals surface area contributed by atoms with Crippen LogP contribution in [0, 0.1) is 0 Å². The lowest BCUT2D eigenvalue weighted by atomic mass is 10.1. The molecule has 16 heavy (non-hydrogen) atoms. The van der Waals surface area contributed by atoms with E-state index in [0.717, 1.165) is 19.4 Å². The van der Waals surface area contributed by atoms with Crippen LogP contribution in [0.3, 0.4) is 0 Å². The SMILES string of the molecule is C/C=C\C(/C=C(/C)C(CC)=NC)NCCC. The van der Waals surface area contributed by atoms with Crippen molar-refractivity contribution in [3.8, 4) is 0 Å². The Bertz CT molecular complexity index is 262. The molecule has 0 bridgehead atoms. The average molecular weight is 222 g/mol. The zero-order valence-electron chi connectivity index (χ0n) is 11.4. The second-order valence-electron chi connectivity index (χ2n) is 3.88. The molecular formula is C14H26N2. The second-order valence-corrected chi connectivity index (χ2v) is 3.88. The zero-order chi connectivity index (χ0) is 12.4. The van der Waals surface area contributed by atoms with Crippen molar-refractivity contribution in [3.05, 3.63) is 23.8 Å². The number of rotatable bonds is 7. The highest BCUT2D eigenvalue weighted by Gasteiger charge is 2.03. The van der Waals surface area contributed by atoms with E-state index in [-0.39, 0.29) is 0 Å². The first kappa shape index (κ1) is 15.1. The van der Waals surface area contributed by atoms with Gasteiger partial charge in [-0.1, -0.05) is 32.1 Å². The standard InChI is InChI=1S/C14H26N2/c1-6-9-13(16-10-7-2)11-12(4)14(8-3)15-5/h6,9,11,13,16H,7-8,10H2,1-5H3/b9-6-,12-11-,15-14?. The fourth-order valence-electron chi connectivity index (χ4n) is 1.68. The monoisotopic (exact) mass is 222 g/mol. The number of hydrogen-bond donors (Lipinski definition) is 1. The van der Waals surface area contributed by atoms with Gasteiger partial charge in [0.2, 0.25) is 0 Å². The van der Waals surface area contributed by atoms with E-state index in [1.807, 2.05) is 7.05 Å². The molecule has 1 N–H and O–H groups in total. The molecule has 0 aliphatic carbocycles. The Morgan fingerprint density at radius 3 is 2.50 bits per heavy atom. The van der Waals surface area contributed by atoms with Gasteiger partial charge in [-0.25, -0.2) is 0 Å². The van der Waals surface area contributed by atoms with Crippen molar-refractivity contribution in [2.45, 2.75) is 46.6 Å². The van der Waals surface area contributed by atoms with E-state index in [1.165, 1.54) is 11.3 Å². The van der Waals surface area contributed by atoms with E-state index in [2.05, 4.69) is 56.2 Å². The average Bonchev–Trinajstić information content (AvgIpc) is 2.28. The summed E-state index contributed by atoms with van der Waals surface area (Å²) in [6.45, 7) is 9.56. The Labute approximate surface area is 101 Å². The molecule has 0 saturated carbocycles. The number of hydrogen-bond acceptors (Lipinski definition) is 2. The summed E-state index contributed by atoms with van der Waals surface area (Å²) in [6, 6.07) is 0.327. The molecule has 92 valence electrons. The first-order valence-electron chi connectivity index (χ1n) is 6.20. The van der Waals surface area contributed by atoms with Gasteiger partial charge in [-0.15, -0.1) is 0 Å². The molecule has 0 aliphatic heterocycles. The predicted molar refractivity (Wildman–Crippen MR) is 74.3 cm³/mol. The molecule has 2 heteroatoms. The van der Waals surface area contributed by atoms with Crippen LogP contribution < -0.4 is 5.32 Å². The summed E-state index contributed by atoms with van der Waals surface area (Å²) < 4.78 is 0. The van der Waals surface area contributed by atoms with Gasteiger partial charge in [0.05, 0.1) is 0 Å². The van der Waals surface area contributed by atoms with Gasteiger partial charge >= 0.3 is 0 Å². The van der Waals surface area contributed by atoms with Gasteiger partial charge in [-0.2, -0.15) is 0 Å². The van der Waals surface area contributed by atoms with Crippen LogP contribution >= 0.6 is 0 Å². The van der Waals surface area contributed by atoms with Crippen molar-refractivity contribution in [1.82, 2.24) is 5.32 Å². The highest BCUT2D eigenvalue weighted by molar-refractivity contribution is 5.99. The van der Waals surface area contributed by atoms with Crippen molar-refractivity contribution in [2.75, 3.05) is 13.6 Å². The fourth-order valence-corrected chi connectivity index (χ4v) is 1.68.